The quantitative estimate of drug-likeness (QED) is 0.920. The minimum absolute atomic E-state index is 0.0331. The average molecular weight is 305 g/mol. The molecule has 0 unspecified atom stereocenters. The summed E-state index contributed by atoms with van der Waals surface area (Å²) < 4.78 is 5.44. The molecule has 1 atom stereocenters. The Bertz CT molecular complexity index is 604. The second-order valence-corrected chi connectivity index (χ2v) is 6.29. The third-order valence-corrected chi connectivity index (χ3v) is 4.73. The minimum Gasteiger partial charge on any atom is -0.467 e. The molecule has 2 amide bonds. The van der Waals surface area contributed by atoms with E-state index in [0.717, 1.165) is 29.2 Å². The van der Waals surface area contributed by atoms with Crippen LogP contribution in [0.3, 0.4) is 0 Å². The predicted octanol–water partition coefficient (Wildman–Crippen LogP) is 3.48. The van der Waals surface area contributed by atoms with Crippen molar-refractivity contribution >= 4 is 17.4 Å². The van der Waals surface area contributed by atoms with Crippen LogP contribution >= 0.6 is 11.3 Å². The van der Waals surface area contributed by atoms with E-state index in [1.54, 1.807) is 23.1 Å². The van der Waals surface area contributed by atoms with Gasteiger partial charge in [0.15, 0.2) is 0 Å². The van der Waals surface area contributed by atoms with Crippen molar-refractivity contribution < 1.29 is 9.21 Å². The number of nitrogens with one attached hydrogen (secondary N) is 1. The Labute approximate surface area is 128 Å². The van der Waals surface area contributed by atoms with Crippen LogP contribution in [0.25, 0.3) is 0 Å². The predicted molar refractivity (Wildman–Crippen MR) is 81.1 cm³/mol. The molecule has 3 rings (SSSR count). The Kier molecular flexibility index (Phi) is 3.96. The maximum Gasteiger partial charge on any atom is 0.318 e. The van der Waals surface area contributed by atoms with E-state index in [1.807, 2.05) is 30.9 Å². The van der Waals surface area contributed by atoms with Crippen LogP contribution in [0.4, 0.5) is 4.79 Å². The van der Waals surface area contributed by atoms with Gasteiger partial charge in [0.1, 0.15) is 5.76 Å². The number of nitrogens with zero attached hydrogens (tertiary/aromatic N) is 2. The van der Waals surface area contributed by atoms with E-state index in [9.17, 15) is 4.79 Å². The van der Waals surface area contributed by atoms with Crippen molar-refractivity contribution in [3.8, 4) is 0 Å². The third-order valence-electron chi connectivity index (χ3n) is 3.79. The summed E-state index contributed by atoms with van der Waals surface area (Å²) >= 11 is 1.57. The molecule has 2 aromatic heterocycles. The van der Waals surface area contributed by atoms with Crippen molar-refractivity contribution in [2.45, 2.75) is 45.3 Å². The highest BCUT2D eigenvalue weighted by Gasteiger charge is 2.37. The van der Waals surface area contributed by atoms with Crippen LogP contribution in [0.15, 0.2) is 28.3 Å². The van der Waals surface area contributed by atoms with E-state index in [1.165, 1.54) is 0 Å². The molecule has 0 bridgehead atoms. The lowest BCUT2D eigenvalue weighted by molar-refractivity contribution is 0.166. The molecule has 1 aliphatic rings. The third kappa shape index (κ3) is 3.10. The van der Waals surface area contributed by atoms with Crippen LogP contribution in [0, 0.1) is 6.92 Å². The Morgan fingerprint density at radius 2 is 2.43 bits per heavy atom. The summed E-state index contributed by atoms with van der Waals surface area (Å²) in [5, 5.41) is 3.01. The van der Waals surface area contributed by atoms with Crippen molar-refractivity contribution in [1.29, 1.82) is 0 Å². The molecule has 0 radical (unpaired) electrons. The Hall–Kier alpha value is -1.82. The van der Waals surface area contributed by atoms with E-state index < -0.39 is 0 Å². The number of carbonyl (C=O) groups is 1. The van der Waals surface area contributed by atoms with Gasteiger partial charge in [-0.25, -0.2) is 9.78 Å². The number of rotatable bonds is 5. The monoisotopic (exact) mass is 305 g/mol. The zero-order chi connectivity index (χ0) is 14.8. The highest BCUT2D eigenvalue weighted by molar-refractivity contribution is 7.09. The Balaban J connectivity index is 1.66. The normalized spacial score (nSPS) is 15.7. The molecule has 1 saturated carbocycles. The molecule has 2 aromatic rings. The summed E-state index contributed by atoms with van der Waals surface area (Å²) in [4.78, 5) is 19.7. The van der Waals surface area contributed by atoms with E-state index in [4.69, 9.17) is 4.42 Å². The topological polar surface area (TPSA) is 58.4 Å². The SMILES string of the molecule is Cc1ncsc1CNC(=O)N(C1CC1)[C@H](C)c1ccco1. The van der Waals surface area contributed by atoms with Crippen molar-refractivity contribution in [1.82, 2.24) is 15.2 Å². The van der Waals surface area contributed by atoms with Gasteiger partial charge in [-0.05, 0) is 38.8 Å². The zero-order valence-electron chi connectivity index (χ0n) is 12.2. The van der Waals surface area contributed by atoms with Gasteiger partial charge in [-0.15, -0.1) is 11.3 Å². The van der Waals surface area contributed by atoms with E-state index in [-0.39, 0.29) is 12.1 Å². The summed E-state index contributed by atoms with van der Waals surface area (Å²) in [5.41, 5.74) is 2.79. The van der Waals surface area contributed by atoms with Gasteiger partial charge in [-0.2, -0.15) is 0 Å². The first-order valence-corrected chi connectivity index (χ1v) is 8.03. The summed E-state index contributed by atoms with van der Waals surface area (Å²) in [6, 6.07) is 4.02. The Morgan fingerprint density at radius 3 is 3.00 bits per heavy atom. The lowest BCUT2D eigenvalue weighted by Crippen LogP contribution is -2.42. The first-order chi connectivity index (χ1) is 10.2. The molecule has 0 saturated heterocycles. The first-order valence-electron chi connectivity index (χ1n) is 7.15. The van der Waals surface area contributed by atoms with E-state index in [2.05, 4.69) is 10.3 Å². The van der Waals surface area contributed by atoms with Gasteiger partial charge in [-0.1, -0.05) is 0 Å². The fourth-order valence-electron chi connectivity index (χ4n) is 2.42. The fourth-order valence-corrected chi connectivity index (χ4v) is 3.14. The van der Waals surface area contributed by atoms with Gasteiger partial charge >= 0.3 is 6.03 Å². The van der Waals surface area contributed by atoms with Gasteiger partial charge in [0.25, 0.3) is 0 Å². The van der Waals surface area contributed by atoms with Crippen molar-refractivity contribution in [2.24, 2.45) is 0 Å². The maximum absolute atomic E-state index is 12.5. The van der Waals surface area contributed by atoms with Crippen LogP contribution in [-0.4, -0.2) is 22.0 Å². The molecular weight excluding hydrogens is 286 g/mol. The molecule has 1 N–H and O–H groups in total. The number of hydrogen-bond acceptors (Lipinski definition) is 4. The molecule has 21 heavy (non-hydrogen) atoms. The summed E-state index contributed by atoms with van der Waals surface area (Å²) in [6.07, 6.45) is 3.78. The molecule has 0 aliphatic heterocycles. The smallest absolute Gasteiger partial charge is 0.318 e. The molecule has 2 heterocycles. The number of hydrogen-bond donors (Lipinski definition) is 1. The fraction of sp³-hybridized carbons (Fsp3) is 0.467. The maximum atomic E-state index is 12.5. The molecular formula is C15H19N3O2S. The molecule has 0 aromatic carbocycles. The first kappa shape index (κ1) is 14.1. The standard InChI is InChI=1S/C15H19N3O2S/c1-10-14(21-9-17-10)8-16-15(19)18(12-5-6-12)11(2)13-4-3-7-20-13/h3-4,7,9,11-12H,5-6,8H2,1-2H3,(H,16,19)/t11-/m1/s1. The second-order valence-electron chi connectivity index (χ2n) is 5.35. The summed E-state index contributed by atoms with van der Waals surface area (Å²) in [7, 11) is 0. The Morgan fingerprint density at radius 1 is 1.62 bits per heavy atom. The molecule has 1 fully saturated rings. The van der Waals surface area contributed by atoms with Crippen LogP contribution in [0.5, 0.6) is 0 Å². The molecule has 112 valence electrons. The van der Waals surface area contributed by atoms with Crippen molar-refractivity contribution in [3.63, 3.8) is 0 Å². The lowest BCUT2D eigenvalue weighted by Gasteiger charge is -2.28. The van der Waals surface area contributed by atoms with Gasteiger partial charge < -0.3 is 14.6 Å². The summed E-state index contributed by atoms with van der Waals surface area (Å²) in [5.74, 6) is 0.825. The lowest BCUT2D eigenvalue weighted by atomic mass is 10.2. The number of urea groups is 1. The van der Waals surface area contributed by atoms with E-state index in [0.29, 0.717) is 12.6 Å². The second kappa shape index (κ2) is 5.89. The molecule has 1 aliphatic carbocycles. The number of aromatic nitrogens is 1. The number of amides is 2. The number of aryl methyl sites for hydroxylation is 1. The largest absolute Gasteiger partial charge is 0.467 e. The molecule has 0 spiro atoms. The number of furan rings is 1. The van der Waals surface area contributed by atoms with Gasteiger partial charge in [0, 0.05) is 10.9 Å². The zero-order valence-corrected chi connectivity index (χ0v) is 13.0. The highest BCUT2D eigenvalue weighted by Crippen LogP contribution is 2.34. The van der Waals surface area contributed by atoms with Gasteiger partial charge in [-0.3, -0.25) is 0 Å². The number of thiazole rings is 1. The molecule has 6 heteroatoms. The average Bonchev–Trinajstić information content (AvgIpc) is 3.00. The minimum atomic E-state index is -0.0462. The summed E-state index contributed by atoms with van der Waals surface area (Å²) in [6.45, 7) is 4.50. The molecule has 5 nitrogen and oxygen atoms in total. The van der Waals surface area contributed by atoms with Crippen molar-refractivity contribution in [2.75, 3.05) is 0 Å². The highest BCUT2D eigenvalue weighted by atomic mass is 32.1. The van der Waals surface area contributed by atoms with E-state index >= 15 is 0 Å². The van der Waals surface area contributed by atoms with Crippen LogP contribution in [0.2, 0.25) is 0 Å². The van der Waals surface area contributed by atoms with Crippen LogP contribution < -0.4 is 5.32 Å². The van der Waals surface area contributed by atoms with Gasteiger partial charge in [0.2, 0.25) is 0 Å². The van der Waals surface area contributed by atoms with Crippen LogP contribution in [0.1, 0.15) is 42.1 Å². The van der Waals surface area contributed by atoms with Gasteiger partial charge in [0.05, 0.1) is 30.1 Å². The van der Waals surface area contributed by atoms with Crippen LogP contribution in [-0.2, 0) is 6.54 Å². The van der Waals surface area contributed by atoms with Crippen molar-refractivity contribution in [3.05, 3.63) is 40.2 Å². The number of carbonyl (C=O) groups excluding carboxylic acids is 1.